The molecule has 1 fully saturated rings. The van der Waals surface area contributed by atoms with Crippen LogP contribution in [0.15, 0.2) is 23.4 Å². The summed E-state index contributed by atoms with van der Waals surface area (Å²) in [7, 11) is -3.61. The molecule has 0 radical (unpaired) electrons. The van der Waals surface area contributed by atoms with Crippen molar-refractivity contribution in [3.8, 4) is 0 Å². The molecule has 0 bridgehead atoms. The number of nitrogens with zero attached hydrogens (tertiary/aromatic N) is 1. The van der Waals surface area contributed by atoms with Gasteiger partial charge in [0.05, 0.1) is 5.69 Å². The van der Waals surface area contributed by atoms with Crippen LogP contribution in [0.25, 0.3) is 0 Å². The van der Waals surface area contributed by atoms with Gasteiger partial charge in [0.1, 0.15) is 0 Å². The molecule has 0 aromatic carbocycles. The Bertz CT molecular complexity index is 526. The molecule has 0 aliphatic heterocycles. The molecule has 7 heteroatoms. The summed E-state index contributed by atoms with van der Waals surface area (Å²) in [6.45, 7) is 0. The maximum atomic E-state index is 12.2. The number of hydrogen-bond acceptors (Lipinski definition) is 5. The van der Waals surface area contributed by atoms with Crippen molar-refractivity contribution in [2.75, 3.05) is 12.0 Å². The van der Waals surface area contributed by atoms with E-state index in [1.807, 2.05) is 11.8 Å². The van der Waals surface area contributed by atoms with Crippen LogP contribution in [0.2, 0.25) is 0 Å². The van der Waals surface area contributed by atoms with Crippen LogP contribution in [-0.2, 0) is 10.0 Å². The average molecular weight is 301 g/mol. The Morgan fingerprint density at radius 2 is 2.05 bits per heavy atom. The number of sulfonamides is 1. The van der Waals surface area contributed by atoms with E-state index in [1.165, 1.54) is 6.20 Å². The largest absolute Gasteiger partial charge is 0.396 e. The van der Waals surface area contributed by atoms with Crippen LogP contribution in [0.1, 0.15) is 25.7 Å². The van der Waals surface area contributed by atoms with Crippen LogP contribution >= 0.6 is 11.8 Å². The van der Waals surface area contributed by atoms with E-state index in [0.29, 0.717) is 5.25 Å². The smallest absolute Gasteiger partial charge is 0.260 e. The normalized spacial score (nSPS) is 24.3. The number of nitrogen functional groups attached to an aromatic ring is 1. The maximum absolute atomic E-state index is 12.2. The molecule has 1 saturated carbocycles. The SMILES string of the molecule is CSC1CCC(NS(=O)(=O)c2ncccc2N)CC1. The Labute approximate surface area is 118 Å². The topological polar surface area (TPSA) is 85.1 Å². The van der Waals surface area contributed by atoms with E-state index in [-0.39, 0.29) is 16.8 Å². The highest BCUT2D eigenvalue weighted by Crippen LogP contribution is 2.27. The van der Waals surface area contributed by atoms with Gasteiger partial charge in [0, 0.05) is 17.5 Å². The highest BCUT2D eigenvalue weighted by atomic mass is 32.2. The van der Waals surface area contributed by atoms with Gasteiger partial charge in [-0.15, -0.1) is 0 Å². The minimum absolute atomic E-state index is 0.00481. The fraction of sp³-hybridized carbons (Fsp3) is 0.583. The third-order valence-corrected chi connectivity index (χ3v) is 6.02. The van der Waals surface area contributed by atoms with Crippen molar-refractivity contribution in [1.82, 2.24) is 9.71 Å². The van der Waals surface area contributed by atoms with E-state index in [0.717, 1.165) is 25.7 Å². The molecule has 1 aromatic rings. The van der Waals surface area contributed by atoms with Crippen LogP contribution in [-0.4, -0.2) is 30.9 Å². The molecule has 0 saturated heterocycles. The van der Waals surface area contributed by atoms with Crippen molar-refractivity contribution in [2.24, 2.45) is 0 Å². The molecule has 19 heavy (non-hydrogen) atoms. The third-order valence-electron chi connectivity index (χ3n) is 3.38. The van der Waals surface area contributed by atoms with Crippen LogP contribution in [0.3, 0.4) is 0 Å². The van der Waals surface area contributed by atoms with Gasteiger partial charge in [-0.05, 0) is 44.1 Å². The Hall–Kier alpha value is -0.790. The van der Waals surface area contributed by atoms with E-state index in [4.69, 9.17) is 5.73 Å². The van der Waals surface area contributed by atoms with E-state index >= 15 is 0 Å². The fourth-order valence-corrected chi connectivity index (χ4v) is 4.43. The molecular formula is C12H19N3O2S2. The van der Waals surface area contributed by atoms with Gasteiger partial charge >= 0.3 is 0 Å². The third kappa shape index (κ3) is 3.61. The monoisotopic (exact) mass is 301 g/mol. The van der Waals surface area contributed by atoms with Gasteiger partial charge in [0.25, 0.3) is 10.0 Å². The van der Waals surface area contributed by atoms with Gasteiger partial charge in [-0.1, -0.05) is 0 Å². The first-order valence-corrected chi connectivity index (χ1v) is 9.05. The second kappa shape index (κ2) is 6.11. The lowest BCUT2D eigenvalue weighted by Crippen LogP contribution is -2.38. The number of pyridine rings is 1. The van der Waals surface area contributed by atoms with Crippen molar-refractivity contribution in [3.05, 3.63) is 18.3 Å². The number of anilines is 1. The average Bonchev–Trinajstić information content (AvgIpc) is 2.39. The Morgan fingerprint density at radius 1 is 1.37 bits per heavy atom. The zero-order valence-electron chi connectivity index (χ0n) is 10.9. The number of rotatable bonds is 4. The molecule has 0 spiro atoms. The lowest BCUT2D eigenvalue weighted by molar-refractivity contribution is 0.419. The van der Waals surface area contributed by atoms with Crippen LogP contribution < -0.4 is 10.5 Å². The van der Waals surface area contributed by atoms with Gasteiger partial charge < -0.3 is 5.73 Å². The van der Waals surface area contributed by atoms with Crippen LogP contribution in [0, 0.1) is 0 Å². The summed E-state index contributed by atoms with van der Waals surface area (Å²) < 4.78 is 27.1. The van der Waals surface area contributed by atoms with Gasteiger partial charge in [-0.25, -0.2) is 18.1 Å². The van der Waals surface area contributed by atoms with E-state index < -0.39 is 10.0 Å². The first-order valence-electron chi connectivity index (χ1n) is 6.28. The molecule has 1 aliphatic carbocycles. The lowest BCUT2D eigenvalue weighted by atomic mass is 9.96. The number of nitrogens with two attached hydrogens (primary N) is 1. The number of hydrogen-bond donors (Lipinski definition) is 2. The molecular weight excluding hydrogens is 282 g/mol. The first kappa shape index (κ1) is 14.6. The molecule has 1 aromatic heterocycles. The molecule has 106 valence electrons. The zero-order valence-corrected chi connectivity index (χ0v) is 12.5. The molecule has 5 nitrogen and oxygen atoms in total. The summed E-state index contributed by atoms with van der Waals surface area (Å²) in [5.74, 6) is 0. The quantitative estimate of drug-likeness (QED) is 0.882. The van der Waals surface area contributed by atoms with E-state index in [1.54, 1.807) is 12.1 Å². The Balaban J connectivity index is 2.05. The zero-order chi connectivity index (χ0) is 13.9. The molecule has 0 amide bonds. The van der Waals surface area contributed by atoms with E-state index in [9.17, 15) is 8.42 Å². The maximum Gasteiger partial charge on any atom is 0.260 e. The summed E-state index contributed by atoms with van der Waals surface area (Å²) in [5.41, 5.74) is 5.86. The highest BCUT2D eigenvalue weighted by Gasteiger charge is 2.27. The second-order valence-corrected chi connectivity index (χ2v) is 7.50. The number of thioether (sulfide) groups is 1. The van der Waals surface area contributed by atoms with Gasteiger partial charge in [0.15, 0.2) is 5.03 Å². The predicted octanol–water partition coefficient (Wildman–Crippen LogP) is 1.62. The van der Waals surface area contributed by atoms with Crippen molar-refractivity contribution in [1.29, 1.82) is 0 Å². The summed E-state index contributed by atoms with van der Waals surface area (Å²) in [6.07, 6.45) is 7.38. The summed E-state index contributed by atoms with van der Waals surface area (Å²) in [6, 6.07) is 3.17. The minimum atomic E-state index is -3.61. The summed E-state index contributed by atoms with van der Waals surface area (Å²) in [4.78, 5) is 3.87. The molecule has 1 aliphatic rings. The minimum Gasteiger partial charge on any atom is -0.396 e. The van der Waals surface area contributed by atoms with Crippen LogP contribution in [0.5, 0.6) is 0 Å². The molecule has 0 atom stereocenters. The Kier molecular flexibility index (Phi) is 4.70. The van der Waals surface area contributed by atoms with Crippen molar-refractivity contribution < 1.29 is 8.42 Å². The van der Waals surface area contributed by atoms with E-state index in [2.05, 4.69) is 16.0 Å². The Morgan fingerprint density at radius 3 is 2.63 bits per heavy atom. The lowest BCUT2D eigenvalue weighted by Gasteiger charge is -2.27. The van der Waals surface area contributed by atoms with Crippen molar-refractivity contribution in [2.45, 2.75) is 42.0 Å². The molecule has 0 unspecified atom stereocenters. The predicted molar refractivity (Wildman–Crippen MR) is 78.5 cm³/mol. The summed E-state index contributed by atoms with van der Waals surface area (Å²) in [5, 5.41) is 0.586. The first-order chi connectivity index (χ1) is 9.03. The molecule has 3 N–H and O–H groups in total. The van der Waals surface area contributed by atoms with Crippen molar-refractivity contribution in [3.63, 3.8) is 0 Å². The van der Waals surface area contributed by atoms with Gasteiger partial charge in [0.2, 0.25) is 0 Å². The number of aromatic nitrogens is 1. The standard InChI is InChI=1S/C12H19N3O2S2/c1-18-10-6-4-9(5-7-10)15-19(16,17)12-11(13)3-2-8-14-12/h2-3,8-10,15H,4-7,13H2,1H3. The highest BCUT2D eigenvalue weighted by molar-refractivity contribution is 7.99. The second-order valence-electron chi connectivity index (χ2n) is 4.73. The van der Waals surface area contributed by atoms with Gasteiger partial charge in [-0.3, -0.25) is 0 Å². The number of nitrogens with one attached hydrogen (secondary N) is 1. The van der Waals surface area contributed by atoms with Crippen LogP contribution in [0.4, 0.5) is 5.69 Å². The fourth-order valence-electron chi connectivity index (χ4n) is 2.32. The van der Waals surface area contributed by atoms with Crippen molar-refractivity contribution >= 4 is 27.5 Å². The van der Waals surface area contributed by atoms with Gasteiger partial charge in [-0.2, -0.15) is 11.8 Å². The molecule has 2 rings (SSSR count). The summed E-state index contributed by atoms with van der Waals surface area (Å²) >= 11 is 1.86. The molecule has 1 heterocycles.